The topological polar surface area (TPSA) is 49.3 Å². The summed E-state index contributed by atoms with van der Waals surface area (Å²) in [6, 6.07) is 4.20. The third-order valence-corrected chi connectivity index (χ3v) is 3.47. The van der Waals surface area contributed by atoms with Crippen molar-refractivity contribution in [2.75, 3.05) is 6.54 Å². The predicted molar refractivity (Wildman–Crippen MR) is 69.7 cm³/mol. The number of aryl methyl sites for hydroxylation is 1. The maximum absolute atomic E-state index is 10.6. The van der Waals surface area contributed by atoms with E-state index < -0.39 is 6.09 Å². The van der Waals surface area contributed by atoms with Crippen LogP contribution in [-0.2, 0) is 5.41 Å². The first kappa shape index (κ1) is 13.6. The van der Waals surface area contributed by atoms with E-state index in [9.17, 15) is 4.79 Å². The van der Waals surface area contributed by atoms with Crippen LogP contribution in [0.4, 0.5) is 4.79 Å². The Kier molecular flexibility index (Phi) is 3.81. The summed E-state index contributed by atoms with van der Waals surface area (Å²) in [6.45, 7) is 10.8. The molecule has 0 saturated carbocycles. The molecule has 0 fully saturated rings. The highest BCUT2D eigenvalue weighted by molar-refractivity contribution is 5.64. The zero-order valence-electron chi connectivity index (χ0n) is 11.2. The summed E-state index contributed by atoms with van der Waals surface area (Å²) in [6.07, 6.45) is -0.973. The van der Waals surface area contributed by atoms with Gasteiger partial charge in [-0.25, -0.2) is 4.79 Å². The van der Waals surface area contributed by atoms with Gasteiger partial charge in [0.05, 0.1) is 0 Å². The van der Waals surface area contributed by atoms with Crippen molar-refractivity contribution < 1.29 is 9.90 Å². The number of rotatable bonds is 3. The van der Waals surface area contributed by atoms with E-state index in [0.717, 1.165) is 0 Å². The van der Waals surface area contributed by atoms with Crippen LogP contribution in [0.2, 0.25) is 0 Å². The number of hydrogen-bond donors (Lipinski definition) is 2. The highest BCUT2D eigenvalue weighted by atomic mass is 16.4. The fourth-order valence-corrected chi connectivity index (χ4v) is 2.08. The van der Waals surface area contributed by atoms with Gasteiger partial charge in [0, 0.05) is 12.0 Å². The third-order valence-electron chi connectivity index (χ3n) is 3.47. The molecule has 0 radical (unpaired) electrons. The van der Waals surface area contributed by atoms with Crippen LogP contribution in [0, 0.1) is 20.8 Å². The summed E-state index contributed by atoms with van der Waals surface area (Å²) in [4.78, 5) is 10.6. The second-order valence-corrected chi connectivity index (χ2v) is 5.22. The van der Waals surface area contributed by atoms with Crippen LogP contribution in [0.25, 0.3) is 0 Å². The molecule has 0 atom stereocenters. The predicted octanol–water partition coefficient (Wildman–Crippen LogP) is 3.16. The number of nitrogens with one attached hydrogen (secondary N) is 1. The minimum absolute atomic E-state index is 0.194. The molecular weight excluding hydrogens is 214 g/mol. The molecule has 0 heterocycles. The van der Waals surface area contributed by atoms with Crippen molar-refractivity contribution in [3.8, 4) is 0 Å². The lowest BCUT2D eigenvalue weighted by molar-refractivity contribution is 0.192. The van der Waals surface area contributed by atoms with E-state index in [4.69, 9.17) is 5.11 Å². The Morgan fingerprint density at radius 3 is 2.35 bits per heavy atom. The Morgan fingerprint density at radius 2 is 1.82 bits per heavy atom. The van der Waals surface area contributed by atoms with Crippen LogP contribution in [0.5, 0.6) is 0 Å². The van der Waals surface area contributed by atoms with Gasteiger partial charge < -0.3 is 10.4 Å². The largest absolute Gasteiger partial charge is 0.465 e. The van der Waals surface area contributed by atoms with Gasteiger partial charge in [-0.05, 0) is 43.0 Å². The highest BCUT2D eigenvalue weighted by Crippen LogP contribution is 2.28. The first-order valence-corrected chi connectivity index (χ1v) is 5.80. The maximum Gasteiger partial charge on any atom is 0.404 e. The molecule has 1 aromatic rings. The van der Waals surface area contributed by atoms with Crippen LogP contribution in [-0.4, -0.2) is 17.7 Å². The van der Waals surface area contributed by atoms with E-state index in [-0.39, 0.29) is 5.41 Å². The Labute approximate surface area is 103 Å². The van der Waals surface area contributed by atoms with Gasteiger partial charge in [-0.1, -0.05) is 26.0 Å². The van der Waals surface area contributed by atoms with Crippen molar-refractivity contribution in [2.24, 2.45) is 0 Å². The van der Waals surface area contributed by atoms with Gasteiger partial charge in [-0.15, -0.1) is 0 Å². The zero-order valence-corrected chi connectivity index (χ0v) is 11.2. The summed E-state index contributed by atoms with van der Waals surface area (Å²) >= 11 is 0. The number of amides is 1. The minimum Gasteiger partial charge on any atom is -0.465 e. The molecule has 1 rings (SSSR count). The molecule has 0 spiro atoms. The van der Waals surface area contributed by atoms with Gasteiger partial charge >= 0.3 is 6.09 Å². The molecule has 1 aromatic carbocycles. The Hall–Kier alpha value is -1.51. The second-order valence-electron chi connectivity index (χ2n) is 5.22. The number of benzene rings is 1. The molecule has 0 aliphatic heterocycles. The molecule has 0 unspecified atom stereocenters. The lowest BCUT2D eigenvalue weighted by Crippen LogP contribution is -2.36. The van der Waals surface area contributed by atoms with Crippen LogP contribution in [0.15, 0.2) is 12.1 Å². The molecule has 3 nitrogen and oxygen atoms in total. The molecule has 2 N–H and O–H groups in total. The van der Waals surface area contributed by atoms with Crippen molar-refractivity contribution >= 4 is 6.09 Å². The van der Waals surface area contributed by atoms with Gasteiger partial charge in [-0.2, -0.15) is 0 Å². The van der Waals surface area contributed by atoms with Crippen molar-refractivity contribution in [3.63, 3.8) is 0 Å². The molecular formula is C14H21NO2. The van der Waals surface area contributed by atoms with Crippen LogP contribution < -0.4 is 5.32 Å². The van der Waals surface area contributed by atoms with Crippen molar-refractivity contribution in [2.45, 2.75) is 40.0 Å². The van der Waals surface area contributed by atoms with Crippen LogP contribution in [0.3, 0.4) is 0 Å². The van der Waals surface area contributed by atoms with E-state index in [1.165, 1.54) is 22.3 Å². The first-order valence-electron chi connectivity index (χ1n) is 5.80. The van der Waals surface area contributed by atoms with Crippen molar-refractivity contribution in [1.82, 2.24) is 5.32 Å². The molecule has 0 aliphatic carbocycles. The molecule has 0 aromatic heterocycles. The van der Waals surface area contributed by atoms with E-state index >= 15 is 0 Å². The minimum atomic E-state index is -0.973. The number of hydrogen-bond acceptors (Lipinski definition) is 1. The second kappa shape index (κ2) is 4.78. The van der Waals surface area contributed by atoms with Gasteiger partial charge in [0.25, 0.3) is 0 Å². The van der Waals surface area contributed by atoms with Gasteiger partial charge in [0.1, 0.15) is 0 Å². The highest BCUT2D eigenvalue weighted by Gasteiger charge is 2.24. The fraction of sp³-hybridized carbons (Fsp3) is 0.500. The summed E-state index contributed by atoms with van der Waals surface area (Å²) in [5.41, 5.74) is 4.82. The summed E-state index contributed by atoms with van der Waals surface area (Å²) in [5, 5.41) is 11.1. The SMILES string of the molecule is Cc1ccc(C(C)(C)CNC(=O)O)c(C)c1C. The molecule has 94 valence electrons. The summed E-state index contributed by atoms with van der Waals surface area (Å²) in [7, 11) is 0. The maximum atomic E-state index is 10.6. The van der Waals surface area contributed by atoms with E-state index in [1.807, 2.05) is 0 Å². The lowest BCUT2D eigenvalue weighted by atomic mass is 9.80. The van der Waals surface area contributed by atoms with E-state index in [2.05, 4.69) is 52.1 Å². The summed E-state index contributed by atoms with van der Waals surface area (Å²) in [5.74, 6) is 0. The van der Waals surface area contributed by atoms with Crippen molar-refractivity contribution in [1.29, 1.82) is 0 Å². The Balaban J connectivity index is 3.06. The monoisotopic (exact) mass is 235 g/mol. The summed E-state index contributed by atoms with van der Waals surface area (Å²) < 4.78 is 0. The molecule has 0 bridgehead atoms. The number of carbonyl (C=O) groups is 1. The lowest BCUT2D eigenvalue weighted by Gasteiger charge is -2.28. The molecule has 1 amide bonds. The molecule has 0 saturated heterocycles. The molecule has 17 heavy (non-hydrogen) atoms. The van der Waals surface area contributed by atoms with Crippen LogP contribution >= 0.6 is 0 Å². The van der Waals surface area contributed by atoms with Crippen LogP contribution in [0.1, 0.15) is 36.1 Å². The van der Waals surface area contributed by atoms with Crippen molar-refractivity contribution in [3.05, 3.63) is 34.4 Å². The van der Waals surface area contributed by atoms with E-state index in [0.29, 0.717) is 6.54 Å². The fourth-order valence-electron chi connectivity index (χ4n) is 2.08. The molecule has 0 aliphatic rings. The smallest absolute Gasteiger partial charge is 0.404 e. The normalized spacial score (nSPS) is 11.4. The van der Waals surface area contributed by atoms with Gasteiger partial charge in [0.2, 0.25) is 0 Å². The standard InChI is InChI=1S/C14H21NO2/c1-9-6-7-12(11(3)10(9)2)14(4,5)8-15-13(16)17/h6-7,15H,8H2,1-5H3,(H,16,17). The quantitative estimate of drug-likeness (QED) is 0.845. The average Bonchev–Trinajstić information content (AvgIpc) is 2.23. The first-order chi connectivity index (χ1) is 7.75. The zero-order chi connectivity index (χ0) is 13.2. The number of carboxylic acid groups (broad SMARTS) is 1. The average molecular weight is 235 g/mol. The van der Waals surface area contributed by atoms with Gasteiger partial charge in [0.15, 0.2) is 0 Å². The van der Waals surface area contributed by atoms with E-state index in [1.54, 1.807) is 0 Å². The Bertz CT molecular complexity index is 436. The Morgan fingerprint density at radius 1 is 1.24 bits per heavy atom. The third kappa shape index (κ3) is 2.99. The molecule has 3 heteroatoms. The van der Waals surface area contributed by atoms with Gasteiger partial charge in [-0.3, -0.25) is 0 Å².